The van der Waals surface area contributed by atoms with Gasteiger partial charge in [0, 0.05) is 18.7 Å². The molecule has 0 saturated heterocycles. The number of aryl methyl sites for hydroxylation is 2. The van der Waals surface area contributed by atoms with Crippen LogP contribution in [0.5, 0.6) is 11.5 Å². The Balaban J connectivity index is 1.80. The van der Waals surface area contributed by atoms with Gasteiger partial charge in [0.1, 0.15) is 0 Å². The number of carbonyl (C=O) groups is 1. The molecule has 0 radical (unpaired) electrons. The van der Waals surface area contributed by atoms with Gasteiger partial charge in [-0.3, -0.25) is 4.68 Å². The Kier molecular flexibility index (Phi) is 5.88. The van der Waals surface area contributed by atoms with Gasteiger partial charge in [0.15, 0.2) is 11.5 Å². The summed E-state index contributed by atoms with van der Waals surface area (Å²) < 4.78 is 13.2. The van der Waals surface area contributed by atoms with Crippen LogP contribution in [0.3, 0.4) is 0 Å². The topological polar surface area (TPSA) is 68.6 Å². The quantitative estimate of drug-likeness (QED) is 0.888. The molecule has 7 heteroatoms. The Bertz CT molecular complexity index is 816. The smallest absolute Gasteiger partial charge is 0.322 e. The van der Waals surface area contributed by atoms with Crippen molar-refractivity contribution < 1.29 is 14.3 Å². The normalized spacial score (nSPS) is 14.0. The molecule has 2 amide bonds. The fourth-order valence-corrected chi connectivity index (χ4v) is 3.39. The van der Waals surface area contributed by atoms with E-state index in [4.69, 9.17) is 9.47 Å². The van der Waals surface area contributed by atoms with Crippen LogP contribution >= 0.6 is 0 Å². The Hall–Kier alpha value is -2.70. The lowest BCUT2D eigenvalue weighted by Gasteiger charge is -2.27. The van der Waals surface area contributed by atoms with Crippen molar-refractivity contribution in [2.45, 2.75) is 46.7 Å². The zero-order chi connectivity index (χ0) is 19.4. The van der Waals surface area contributed by atoms with Gasteiger partial charge in [-0.05, 0) is 32.8 Å². The number of nitrogens with zero attached hydrogens (tertiary/aromatic N) is 3. The summed E-state index contributed by atoms with van der Waals surface area (Å²) in [4.78, 5) is 14.8. The molecule has 3 rings (SSSR count). The molecule has 0 atom stereocenters. The fraction of sp³-hybridized carbons (Fsp3) is 0.500. The maximum atomic E-state index is 13.0. The summed E-state index contributed by atoms with van der Waals surface area (Å²) in [6.07, 6.45) is 1.76. The summed E-state index contributed by atoms with van der Waals surface area (Å²) in [5.74, 6) is 1.42. The van der Waals surface area contributed by atoms with E-state index < -0.39 is 0 Å². The second kappa shape index (κ2) is 8.33. The number of anilines is 1. The van der Waals surface area contributed by atoms with Crippen molar-refractivity contribution in [1.82, 2.24) is 14.7 Å². The number of benzene rings is 1. The van der Waals surface area contributed by atoms with E-state index in [1.54, 1.807) is 7.11 Å². The number of ether oxygens (including phenoxy) is 2. The van der Waals surface area contributed by atoms with Gasteiger partial charge in [-0.1, -0.05) is 19.1 Å². The molecule has 146 valence electrons. The van der Waals surface area contributed by atoms with Crippen molar-refractivity contribution in [1.29, 1.82) is 0 Å². The first-order valence-electron chi connectivity index (χ1n) is 9.43. The third kappa shape index (κ3) is 4.02. The van der Waals surface area contributed by atoms with Gasteiger partial charge in [0.25, 0.3) is 0 Å². The van der Waals surface area contributed by atoms with E-state index in [0.717, 1.165) is 47.8 Å². The highest BCUT2D eigenvalue weighted by molar-refractivity contribution is 5.90. The van der Waals surface area contributed by atoms with E-state index in [9.17, 15) is 4.79 Å². The molecular weight excluding hydrogens is 344 g/mol. The van der Waals surface area contributed by atoms with Crippen LogP contribution in [0.2, 0.25) is 0 Å². The Morgan fingerprint density at radius 1 is 1.37 bits per heavy atom. The first-order valence-corrected chi connectivity index (χ1v) is 9.43. The Morgan fingerprint density at radius 3 is 2.93 bits per heavy atom. The third-order valence-corrected chi connectivity index (χ3v) is 4.80. The molecule has 0 bridgehead atoms. The van der Waals surface area contributed by atoms with Crippen LogP contribution in [0.4, 0.5) is 10.5 Å². The minimum Gasteiger partial charge on any atom is -0.493 e. The average Bonchev–Trinajstić information content (AvgIpc) is 2.89. The highest BCUT2D eigenvalue weighted by atomic mass is 16.5. The van der Waals surface area contributed by atoms with Gasteiger partial charge >= 0.3 is 6.03 Å². The monoisotopic (exact) mass is 372 g/mol. The maximum absolute atomic E-state index is 13.0. The zero-order valence-electron chi connectivity index (χ0n) is 16.5. The van der Waals surface area contributed by atoms with Gasteiger partial charge in [-0.15, -0.1) is 0 Å². The lowest BCUT2D eigenvalue weighted by molar-refractivity contribution is 0.191. The fourth-order valence-electron chi connectivity index (χ4n) is 3.39. The van der Waals surface area contributed by atoms with E-state index in [-0.39, 0.29) is 6.03 Å². The zero-order valence-corrected chi connectivity index (χ0v) is 16.5. The van der Waals surface area contributed by atoms with Crippen LogP contribution in [0.1, 0.15) is 36.7 Å². The highest BCUT2D eigenvalue weighted by Gasteiger charge is 2.22. The summed E-state index contributed by atoms with van der Waals surface area (Å²) >= 11 is 0. The van der Waals surface area contributed by atoms with Gasteiger partial charge in [-0.25, -0.2) is 4.79 Å². The van der Waals surface area contributed by atoms with Crippen molar-refractivity contribution in [3.63, 3.8) is 0 Å². The van der Waals surface area contributed by atoms with Crippen LogP contribution in [-0.2, 0) is 13.1 Å². The molecule has 1 aromatic heterocycles. The number of nitrogens with one attached hydrogen (secondary N) is 1. The molecule has 2 heterocycles. The first-order chi connectivity index (χ1) is 13.0. The minimum atomic E-state index is -0.118. The van der Waals surface area contributed by atoms with E-state index in [2.05, 4.69) is 17.3 Å². The number of hydrogen-bond acceptors (Lipinski definition) is 4. The molecule has 1 aromatic carbocycles. The van der Waals surface area contributed by atoms with Crippen molar-refractivity contribution >= 4 is 11.7 Å². The van der Waals surface area contributed by atoms with Crippen molar-refractivity contribution in [2.75, 3.05) is 25.6 Å². The molecule has 27 heavy (non-hydrogen) atoms. The lowest BCUT2D eigenvalue weighted by atomic mass is 10.1. The Labute approximate surface area is 160 Å². The molecule has 1 N–H and O–H groups in total. The second-order valence-corrected chi connectivity index (χ2v) is 6.77. The van der Waals surface area contributed by atoms with Gasteiger partial charge in [-0.2, -0.15) is 5.10 Å². The number of carbonyl (C=O) groups excluding carboxylic acids is 1. The number of hydrogen-bond donors (Lipinski definition) is 1. The van der Waals surface area contributed by atoms with E-state index in [1.165, 1.54) is 0 Å². The van der Waals surface area contributed by atoms with Crippen LogP contribution in [0, 0.1) is 13.8 Å². The summed E-state index contributed by atoms with van der Waals surface area (Å²) in [6, 6.07) is 5.65. The summed E-state index contributed by atoms with van der Waals surface area (Å²) in [5.41, 5.74) is 3.57. The number of amides is 2. The predicted octanol–water partition coefficient (Wildman–Crippen LogP) is 3.74. The number of rotatable bonds is 4. The first kappa shape index (κ1) is 19.1. The van der Waals surface area contributed by atoms with E-state index in [1.807, 2.05) is 41.6 Å². The van der Waals surface area contributed by atoms with Gasteiger partial charge < -0.3 is 19.7 Å². The number of aromatic nitrogens is 2. The third-order valence-electron chi connectivity index (χ3n) is 4.80. The number of fused-ring (bicyclic) bond motifs is 1. The largest absolute Gasteiger partial charge is 0.493 e. The molecule has 1 aliphatic heterocycles. The SMILES string of the molecule is CCCn1nc(C)c(NC(=O)N2CCCOc3c(cccc3OC)C2)c1C. The van der Waals surface area contributed by atoms with Gasteiger partial charge in [0.05, 0.1) is 37.3 Å². The second-order valence-electron chi connectivity index (χ2n) is 6.77. The molecule has 0 aliphatic carbocycles. The molecule has 0 fully saturated rings. The molecular formula is C20H28N4O3. The molecule has 0 saturated carbocycles. The van der Waals surface area contributed by atoms with Crippen LogP contribution in [0.15, 0.2) is 18.2 Å². The van der Waals surface area contributed by atoms with Crippen LogP contribution in [0.25, 0.3) is 0 Å². The van der Waals surface area contributed by atoms with Crippen molar-refractivity contribution in [3.8, 4) is 11.5 Å². The predicted molar refractivity (Wildman–Crippen MR) is 105 cm³/mol. The van der Waals surface area contributed by atoms with E-state index >= 15 is 0 Å². The van der Waals surface area contributed by atoms with Crippen molar-refractivity contribution in [3.05, 3.63) is 35.2 Å². The van der Waals surface area contributed by atoms with Crippen molar-refractivity contribution in [2.24, 2.45) is 0 Å². The molecule has 7 nitrogen and oxygen atoms in total. The molecule has 0 spiro atoms. The molecule has 2 aromatic rings. The summed E-state index contributed by atoms with van der Waals surface area (Å²) in [6.45, 7) is 8.52. The standard InChI is InChI=1S/C20H28N4O3/c1-5-10-24-15(3)18(14(2)22-24)21-20(25)23-11-7-12-27-19-16(13-23)8-6-9-17(19)26-4/h6,8-9H,5,7,10-13H2,1-4H3,(H,21,25). The average molecular weight is 372 g/mol. The highest BCUT2D eigenvalue weighted by Crippen LogP contribution is 2.33. The van der Waals surface area contributed by atoms with Gasteiger partial charge in [0.2, 0.25) is 0 Å². The number of methoxy groups -OCH3 is 1. The Morgan fingerprint density at radius 2 is 2.19 bits per heavy atom. The summed E-state index contributed by atoms with van der Waals surface area (Å²) in [7, 11) is 1.63. The van der Waals surface area contributed by atoms with E-state index in [0.29, 0.717) is 25.4 Å². The molecule has 1 aliphatic rings. The minimum absolute atomic E-state index is 0.118. The van der Waals surface area contributed by atoms with Crippen LogP contribution < -0.4 is 14.8 Å². The lowest BCUT2D eigenvalue weighted by Crippen LogP contribution is -2.37. The number of urea groups is 1. The van der Waals surface area contributed by atoms with Crippen LogP contribution in [-0.4, -0.2) is 41.0 Å². The molecule has 0 unspecified atom stereocenters. The maximum Gasteiger partial charge on any atom is 0.322 e. The summed E-state index contributed by atoms with van der Waals surface area (Å²) in [5, 5.41) is 7.60. The number of para-hydroxylation sites is 1.